The standard InChI is InChI=1S/C21H26F2N3O9P/c1-4-32-18(29)12(2)25-36(31,35-14-7-5-13(22)6-8-14)33-11-15-17(28)21(3,23)19(34-15)26-10-9-16(27)24-20(26)30/h5-10,12,15,17,19,28H,4,11H2,1-3H3,(H,25,31)(H,24,27,30)/t12?,15-,17-,19-,21-,36?/m1/s1/i9D,10D. The number of carbonyl (C=O) groups is 1. The second-order valence-electron chi connectivity index (χ2n) is 7.93. The molecular weight excluding hydrogens is 507 g/mol. The van der Waals surface area contributed by atoms with E-state index in [2.05, 4.69) is 5.09 Å². The van der Waals surface area contributed by atoms with Crippen LogP contribution in [0.15, 0.2) is 46.1 Å². The molecule has 0 bridgehead atoms. The minimum atomic E-state index is -4.51. The lowest BCUT2D eigenvalue weighted by Crippen LogP contribution is -2.43. The molecule has 6 atom stereocenters. The smallest absolute Gasteiger partial charge is 0.459 e. The first-order chi connectivity index (χ1) is 17.7. The van der Waals surface area contributed by atoms with E-state index in [1.807, 2.05) is 0 Å². The average molecular weight is 535 g/mol. The van der Waals surface area contributed by atoms with Gasteiger partial charge in [0, 0.05) is 12.2 Å². The first-order valence-corrected chi connectivity index (χ1v) is 12.2. The summed E-state index contributed by atoms with van der Waals surface area (Å²) in [6, 6.07) is 2.13. The molecule has 1 aromatic heterocycles. The monoisotopic (exact) mass is 535 g/mol. The van der Waals surface area contributed by atoms with Crippen molar-refractivity contribution >= 4 is 13.7 Å². The van der Waals surface area contributed by atoms with Crippen molar-refractivity contribution in [3.8, 4) is 5.75 Å². The summed E-state index contributed by atoms with van der Waals surface area (Å²) >= 11 is 0. The SMILES string of the molecule is [2H]c1c([2H])n([C@@H]2O[C@H](COP(=O)(NC(C)C(=O)OCC)Oc3ccc(F)cc3)[C@@H](O)[C@@]2(C)F)c(=O)[nH]c1=O. The van der Waals surface area contributed by atoms with Crippen LogP contribution in [0, 0.1) is 5.82 Å². The van der Waals surface area contributed by atoms with E-state index in [0.717, 1.165) is 31.2 Å². The Balaban J connectivity index is 1.86. The molecule has 198 valence electrons. The van der Waals surface area contributed by atoms with Gasteiger partial charge in [0.2, 0.25) is 0 Å². The topological polar surface area (TPSA) is 158 Å². The summed E-state index contributed by atoms with van der Waals surface area (Å²) in [4.78, 5) is 37.7. The number of alkyl halides is 1. The summed E-state index contributed by atoms with van der Waals surface area (Å²) in [5.41, 5.74) is -5.17. The molecule has 3 N–H and O–H groups in total. The molecule has 1 aliphatic heterocycles. The third-order valence-corrected chi connectivity index (χ3v) is 6.76. The molecule has 0 amide bonds. The molecule has 0 spiro atoms. The summed E-state index contributed by atoms with van der Waals surface area (Å²) in [5.74, 6) is -1.54. The maximum absolute atomic E-state index is 15.6. The van der Waals surface area contributed by atoms with Gasteiger partial charge in [-0.3, -0.25) is 23.7 Å². The molecule has 1 saturated heterocycles. The van der Waals surface area contributed by atoms with E-state index in [0.29, 0.717) is 4.57 Å². The predicted octanol–water partition coefficient (Wildman–Crippen LogP) is 1.41. The predicted molar refractivity (Wildman–Crippen MR) is 121 cm³/mol. The molecule has 12 nitrogen and oxygen atoms in total. The number of benzene rings is 1. The number of aromatic amines is 1. The van der Waals surface area contributed by atoms with Crippen LogP contribution in [0.2, 0.25) is 0 Å². The summed E-state index contributed by atoms with van der Waals surface area (Å²) in [6.07, 6.45) is -6.55. The number of nitrogens with zero attached hydrogens (tertiary/aromatic N) is 1. The Bertz CT molecular complexity index is 1340. The van der Waals surface area contributed by atoms with E-state index in [1.165, 1.54) is 6.92 Å². The van der Waals surface area contributed by atoms with Crippen molar-refractivity contribution in [1.82, 2.24) is 14.6 Å². The quantitative estimate of drug-likeness (QED) is 0.300. The number of hydrogen-bond acceptors (Lipinski definition) is 9. The van der Waals surface area contributed by atoms with Gasteiger partial charge in [0.1, 0.15) is 29.8 Å². The van der Waals surface area contributed by atoms with Gasteiger partial charge in [0.05, 0.1) is 16.0 Å². The molecule has 1 aromatic carbocycles. The van der Waals surface area contributed by atoms with Gasteiger partial charge < -0.3 is 19.1 Å². The fourth-order valence-corrected chi connectivity index (χ4v) is 4.80. The second kappa shape index (κ2) is 11.0. The van der Waals surface area contributed by atoms with Crippen molar-refractivity contribution in [1.29, 1.82) is 0 Å². The lowest BCUT2D eigenvalue weighted by atomic mass is 9.98. The zero-order valence-electron chi connectivity index (χ0n) is 21.4. The third-order valence-electron chi connectivity index (χ3n) is 5.12. The van der Waals surface area contributed by atoms with E-state index >= 15 is 4.39 Å². The zero-order valence-corrected chi connectivity index (χ0v) is 20.3. The van der Waals surface area contributed by atoms with Crippen LogP contribution in [0.1, 0.15) is 29.7 Å². The maximum Gasteiger partial charge on any atom is 0.459 e. The largest absolute Gasteiger partial charge is 0.465 e. The van der Waals surface area contributed by atoms with Crippen LogP contribution in [-0.4, -0.2) is 57.8 Å². The average Bonchev–Trinajstić information content (AvgIpc) is 3.06. The van der Waals surface area contributed by atoms with Crippen molar-refractivity contribution in [2.45, 2.75) is 50.9 Å². The molecule has 0 aliphatic carbocycles. The number of carbonyl (C=O) groups excluding carboxylic acids is 1. The molecule has 2 unspecified atom stereocenters. The maximum atomic E-state index is 15.6. The number of H-pyrrole nitrogens is 1. The molecule has 15 heteroatoms. The first kappa shape index (κ1) is 24.8. The van der Waals surface area contributed by atoms with Crippen LogP contribution in [0.3, 0.4) is 0 Å². The lowest BCUT2D eigenvalue weighted by molar-refractivity contribution is -0.144. The van der Waals surface area contributed by atoms with Gasteiger partial charge in [-0.2, -0.15) is 5.09 Å². The highest BCUT2D eigenvalue weighted by atomic mass is 31.2. The van der Waals surface area contributed by atoms with Crippen LogP contribution >= 0.6 is 7.75 Å². The van der Waals surface area contributed by atoms with Gasteiger partial charge in [-0.25, -0.2) is 18.1 Å². The van der Waals surface area contributed by atoms with E-state index in [-0.39, 0.29) is 12.4 Å². The highest BCUT2D eigenvalue weighted by Crippen LogP contribution is 2.47. The Morgan fingerprint density at radius 1 is 1.42 bits per heavy atom. The molecule has 36 heavy (non-hydrogen) atoms. The highest BCUT2D eigenvalue weighted by Gasteiger charge is 2.55. The Morgan fingerprint density at radius 2 is 2.08 bits per heavy atom. The Labute approximate surface area is 206 Å². The fraction of sp³-hybridized carbons (Fsp3) is 0.476. The number of aromatic nitrogens is 2. The van der Waals surface area contributed by atoms with E-state index < -0.39 is 79.8 Å². The van der Waals surface area contributed by atoms with Crippen molar-refractivity contribution in [2.75, 3.05) is 13.2 Å². The number of rotatable bonds is 10. The molecule has 2 aromatic rings. The number of esters is 1. The Hall–Kier alpha value is -2.90. The van der Waals surface area contributed by atoms with Crippen LogP contribution < -0.4 is 20.9 Å². The van der Waals surface area contributed by atoms with Crippen molar-refractivity contribution < 1.29 is 44.5 Å². The van der Waals surface area contributed by atoms with E-state index in [1.54, 1.807) is 11.9 Å². The normalized spacial score (nSPS) is 27.0. The van der Waals surface area contributed by atoms with Crippen molar-refractivity contribution in [3.05, 3.63) is 63.1 Å². The molecular formula is C21H26F2N3O9P. The van der Waals surface area contributed by atoms with Crippen LogP contribution in [-0.2, 0) is 23.4 Å². The summed E-state index contributed by atoms with van der Waals surface area (Å²) < 4.78 is 79.2. The Kier molecular flexibility index (Phi) is 7.58. The first-order valence-electron chi connectivity index (χ1n) is 11.7. The van der Waals surface area contributed by atoms with Crippen LogP contribution in [0.25, 0.3) is 0 Å². The van der Waals surface area contributed by atoms with Gasteiger partial charge in [-0.15, -0.1) is 0 Å². The minimum absolute atomic E-state index is 0.0234. The number of hydrogen-bond donors (Lipinski definition) is 3. The number of nitrogens with one attached hydrogen (secondary N) is 2. The second-order valence-corrected chi connectivity index (χ2v) is 9.62. The summed E-state index contributed by atoms with van der Waals surface area (Å²) in [5, 5.41) is 12.9. The molecule has 0 radical (unpaired) electrons. The molecule has 3 rings (SSSR count). The van der Waals surface area contributed by atoms with Gasteiger partial charge in [-0.1, -0.05) is 0 Å². The van der Waals surface area contributed by atoms with Crippen LogP contribution in [0.4, 0.5) is 8.78 Å². The molecule has 0 saturated carbocycles. The van der Waals surface area contributed by atoms with E-state index in [4.69, 9.17) is 21.3 Å². The Morgan fingerprint density at radius 3 is 2.72 bits per heavy atom. The minimum Gasteiger partial charge on any atom is -0.465 e. The zero-order chi connectivity index (χ0) is 28.4. The number of aliphatic hydroxyl groups excluding tert-OH is 1. The molecule has 1 aliphatic rings. The van der Waals surface area contributed by atoms with Crippen molar-refractivity contribution in [3.63, 3.8) is 0 Å². The number of aliphatic hydroxyl groups is 1. The van der Waals surface area contributed by atoms with Gasteiger partial charge in [0.15, 0.2) is 11.9 Å². The van der Waals surface area contributed by atoms with Gasteiger partial charge >= 0.3 is 19.4 Å². The molecule has 2 heterocycles. The van der Waals surface area contributed by atoms with Crippen molar-refractivity contribution in [2.24, 2.45) is 0 Å². The van der Waals surface area contributed by atoms with Crippen LogP contribution in [0.5, 0.6) is 5.75 Å². The van der Waals surface area contributed by atoms with Gasteiger partial charge in [-0.05, 0) is 45.0 Å². The lowest BCUT2D eigenvalue weighted by Gasteiger charge is -2.25. The number of ether oxygens (including phenoxy) is 2. The fourth-order valence-electron chi connectivity index (χ4n) is 3.29. The van der Waals surface area contributed by atoms with Gasteiger partial charge in [0.25, 0.3) is 5.56 Å². The number of halogens is 2. The third kappa shape index (κ3) is 6.26. The summed E-state index contributed by atoms with van der Waals surface area (Å²) in [6.45, 7) is 2.92. The highest BCUT2D eigenvalue weighted by molar-refractivity contribution is 7.52. The van der Waals surface area contributed by atoms with E-state index in [9.17, 15) is 28.4 Å². The summed E-state index contributed by atoms with van der Waals surface area (Å²) in [7, 11) is -4.51. The molecule has 1 fully saturated rings.